The summed E-state index contributed by atoms with van der Waals surface area (Å²) in [5.74, 6) is 0.625. The summed E-state index contributed by atoms with van der Waals surface area (Å²) in [6, 6.07) is 16.3. The smallest absolute Gasteiger partial charge is 0.262 e. The number of fused-ring (bicyclic) bond motifs is 2. The van der Waals surface area contributed by atoms with Gasteiger partial charge in [0, 0.05) is 29.8 Å². The maximum absolute atomic E-state index is 13.3. The van der Waals surface area contributed by atoms with Gasteiger partial charge in [-0.3, -0.25) is 4.72 Å². The Bertz CT molecular complexity index is 1470. The Kier molecular flexibility index (Phi) is 7.06. The number of nitrogens with one attached hydrogen (secondary N) is 2. The van der Waals surface area contributed by atoms with Gasteiger partial charge in [-0.05, 0) is 67.8 Å². The number of halogens is 1. The molecule has 0 radical (unpaired) electrons. The number of aryl methyl sites for hydroxylation is 1. The molecule has 10 heteroatoms. The van der Waals surface area contributed by atoms with Crippen molar-refractivity contribution in [1.29, 1.82) is 0 Å². The number of hydrogen-bond acceptors (Lipinski definition) is 7. The fraction of sp³-hybridized carbons (Fsp3) is 0.269. The summed E-state index contributed by atoms with van der Waals surface area (Å²) in [6.45, 7) is 2.22. The average Bonchev–Trinajstić information content (AvgIpc) is 3.27. The third-order valence-corrected chi connectivity index (χ3v) is 7.24. The van der Waals surface area contributed by atoms with E-state index in [2.05, 4.69) is 15.2 Å². The first-order valence-corrected chi connectivity index (χ1v) is 13.2. The molecule has 0 saturated heterocycles. The van der Waals surface area contributed by atoms with Crippen LogP contribution in [0.15, 0.2) is 70.1 Å². The lowest BCUT2D eigenvalue weighted by Crippen LogP contribution is -2.18. The standard InChI is InChI=1S/C26H26FN3O5S/c27-19-7-9-22-23(29-35-25(22)15-19)6-1-2-11-28-17-18-4-3-5-20(14-18)30-36(31,32)21-8-10-24-26(16-21)34-13-12-33-24/h3-5,7-10,14-16,28,30H,1-2,6,11-13,17H2. The van der Waals surface area contributed by atoms with Gasteiger partial charge in [0.15, 0.2) is 17.1 Å². The maximum Gasteiger partial charge on any atom is 0.262 e. The van der Waals surface area contributed by atoms with Gasteiger partial charge in [0.05, 0.1) is 10.6 Å². The molecule has 0 spiro atoms. The normalized spacial score (nSPS) is 13.1. The molecule has 5 rings (SSSR count). The van der Waals surface area contributed by atoms with Crippen molar-refractivity contribution >= 4 is 26.7 Å². The van der Waals surface area contributed by atoms with Crippen LogP contribution in [0.2, 0.25) is 0 Å². The third kappa shape index (κ3) is 5.60. The molecule has 0 unspecified atom stereocenters. The predicted octanol–water partition coefficient (Wildman–Crippen LogP) is 4.65. The lowest BCUT2D eigenvalue weighted by molar-refractivity contribution is 0.171. The highest BCUT2D eigenvalue weighted by Gasteiger charge is 2.19. The molecule has 8 nitrogen and oxygen atoms in total. The Labute approximate surface area is 208 Å². The highest BCUT2D eigenvalue weighted by atomic mass is 32.2. The van der Waals surface area contributed by atoms with E-state index in [0.29, 0.717) is 42.5 Å². The van der Waals surface area contributed by atoms with Gasteiger partial charge >= 0.3 is 0 Å². The second-order valence-electron chi connectivity index (χ2n) is 8.51. The van der Waals surface area contributed by atoms with Crippen molar-refractivity contribution in [3.63, 3.8) is 0 Å². The van der Waals surface area contributed by atoms with Crippen molar-refractivity contribution < 1.29 is 26.8 Å². The molecule has 4 aromatic rings. The summed E-state index contributed by atoms with van der Waals surface area (Å²) < 4.78 is 57.8. The Morgan fingerprint density at radius 2 is 1.81 bits per heavy atom. The average molecular weight is 512 g/mol. The van der Waals surface area contributed by atoms with Crippen LogP contribution in [0, 0.1) is 5.82 Å². The van der Waals surface area contributed by atoms with Gasteiger partial charge < -0.3 is 19.3 Å². The molecular weight excluding hydrogens is 485 g/mol. The molecule has 0 fully saturated rings. The van der Waals surface area contributed by atoms with E-state index >= 15 is 0 Å². The molecule has 0 aliphatic carbocycles. The Hall–Kier alpha value is -3.63. The molecule has 1 aliphatic heterocycles. The largest absolute Gasteiger partial charge is 0.486 e. The number of rotatable bonds is 10. The third-order valence-electron chi connectivity index (χ3n) is 5.86. The van der Waals surface area contributed by atoms with Crippen LogP contribution in [0.4, 0.5) is 10.1 Å². The first-order valence-electron chi connectivity index (χ1n) is 11.7. The summed E-state index contributed by atoms with van der Waals surface area (Å²) in [7, 11) is -3.78. The van der Waals surface area contributed by atoms with Crippen LogP contribution in [0.25, 0.3) is 11.0 Å². The minimum absolute atomic E-state index is 0.111. The fourth-order valence-electron chi connectivity index (χ4n) is 4.07. The molecular formula is C26H26FN3O5S. The van der Waals surface area contributed by atoms with Crippen molar-refractivity contribution in [2.45, 2.75) is 30.7 Å². The number of unbranched alkanes of at least 4 members (excludes halogenated alkanes) is 1. The zero-order valence-corrected chi connectivity index (χ0v) is 20.3. The number of ether oxygens (including phenoxy) is 2. The summed E-state index contributed by atoms with van der Waals surface area (Å²) in [5, 5.41) is 8.28. The summed E-state index contributed by atoms with van der Waals surface area (Å²) in [4.78, 5) is 0.111. The molecule has 0 atom stereocenters. The SMILES string of the molecule is O=S(=O)(Nc1cccc(CNCCCCc2noc3cc(F)ccc23)c1)c1ccc2c(c1)OCCO2. The van der Waals surface area contributed by atoms with Crippen LogP contribution in [0.1, 0.15) is 24.1 Å². The molecule has 0 saturated carbocycles. The Balaban J connectivity index is 1.10. The van der Waals surface area contributed by atoms with E-state index in [1.807, 2.05) is 18.2 Å². The highest BCUT2D eigenvalue weighted by Crippen LogP contribution is 2.32. The van der Waals surface area contributed by atoms with Crippen LogP contribution in [0.3, 0.4) is 0 Å². The molecule has 2 N–H and O–H groups in total. The molecule has 3 aromatic carbocycles. The van der Waals surface area contributed by atoms with E-state index in [0.717, 1.165) is 42.5 Å². The van der Waals surface area contributed by atoms with Crippen molar-refractivity contribution in [3.05, 3.63) is 77.7 Å². The number of benzene rings is 3. The topological polar surface area (TPSA) is 103 Å². The molecule has 36 heavy (non-hydrogen) atoms. The number of sulfonamides is 1. The van der Waals surface area contributed by atoms with Gasteiger partial charge in [0.1, 0.15) is 19.0 Å². The predicted molar refractivity (Wildman–Crippen MR) is 133 cm³/mol. The number of hydrogen-bond donors (Lipinski definition) is 2. The summed E-state index contributed by atoms with van der Waals surface area (Å²) in [6.07, 6.45) is 2.57. The van der Waals surface area contributed by atoms with Gasteiger partial charge in [-0.1, -0.05) is 17.3 Å². The molecule has 1 aliphatic rings. The highest BCUT2D eigenvalue weighted by molar-refractivity contribution is 7.92. The van der Waals surface area contributed by atoms with E-state index in [4.69, 9.17) is 14.0 Å². The van der Waals surface area contributed by atoms with Crippen molar-refractivity contribution in [2.75, 3.05) is 24.5 Å². The number of anilines is 1. The van der Waals surface area contributed by atoms with Gasteiger partial charge in [0.25, 0.3) is 10.0 Å². The van der Waals surface area contributed by atoms with E-state index in [1.54, 1.807) is 18.2 Å². The fourth-order valence-corrected chi connectivity index (χ4v) is 5.13. The van der Waals surface area contributed by atoms with Crippen LogP contribution in [-0.4, -0.2) is 33.3 Å². The van der Waals surface area contributed by atoms with E-state index in [9.17, 15) is 12.8 Å². The molecule has 1 aromatic heterocycles. The minimum atomic E-state index is -3.78. The van der Waals surface area contributed by atoms with Gasteiger partial charge in [-0.25, -0.2) is 12.8 Å². The van der Waals surface area contributed by atoms with Crippen LogP contribution < -0.4 is 19.5 Å². The van der Waals surface area contributed by atoms with Gasteiger partial charge in [-0.15, -0.1) is 0 Å². The van der Waals surface area contributed by atoms with Crippen LogP contribution >= 0.6 is 0 Å². The zero-order chi connectivity index (χ0) is 25.0. The second-order valence-corrected chi connectivity index (χ2v) is 10.2. The van der Waals surface area contributed by atoms with Crippen molar-refractivity contribution in [3.8, 4) is 11.5 Å². The minimum Gasteiger partial charge on any atom is -0.486 e. The Morgan fingerprint density at radius 1 is 0.944 bits per heavy atom. The first-order chi connectivity index (χ1) is 17.5. The quantitative estimate of drug-likeness (QED) is 0.299. The van der Waals surface area contributed by atoms with E-state index in [1.165, 1.54) is 24.3 Å². The lowest BCUT2D eigenvalue weighted by Gasteiger charge is -2.19. The number of nitrogens with zero attached hydrogens (tertiary/aromatic N) is 1. The van der Waals surface area contributed by atoms with Crippen LogP contribution in [0.5, 0.6) is 11.5 Å². The number of aromatic nitrogens is 1. The Morgan fingerprint density at radius 3 is 2.69 bits per heavy atom. The monoisotopic (exact) mass is 511 g/mol. The summed E-state index contributed by atoms with van der Waals surface area (Å²) in [5.41, 5.74) is 2.75. The lowest BCUT2D eigenvalue weighted by atomic mass is 10.1. The summed E-state index contributed by atoms with van der Waals surface area (Å²) >= 11 is 0. The first kappa shape index (κ1) is 24.1. The van der Waals surface area contributed by atoms with Crippen LogP contribution in [-0.2, 0) is 23.0 Å². The van der Waals surface area contributed by atoms with E-state index < -0.39 is 10.0 Å². The molecule has 2 heterocycles. The molecule has 0 amide bonds. The van der Waals surface area contributed by atoms with Crippen molar-refractivity contribution in [2.24, 2.45) is 0 Å². The second kappa shape index (κ2) is 10.5. The van der Waals surface area contributed by atoms with E-state index in [-0.39, 0.29) is 10.7 Å². The van der Waals surface area contributed by atoms with Crippen molar-refractivity contribution in [1.82, 2.24) is 10.5 Å². The van der Waals surface area contributed by atoms with Gasteiger partial charge in [-0.2, -0.15) is 0 Å². The van der Waals surface area contributed by atoms with Gasteiger partial charge in [0.2, 0.25) is 0 Å². The molecule has 0 bridgehead atoms. The zero-order valence-electron chi connectivity index (χ0n) is 19.5. The molecule has 188 valence electrons. The maximum atomic E-state index is 13.3.